The van der Waals surface area contributed by atoms with Gasteiger partial charge in [0, 0.05) is 0 Å². The minimum atomic E-state index is -0.360. The zero-order valence-electron chi connectivity index (χ0n) is 13.1. The lowest BCUT2D eigenvalue weighted by atomic mass is 10.1. The zero-order valence-corrected chi connectivity index (χ0v) is 13.1. The Kier molecular flexibility index (Phi) is 7.51. The highest BCUT2D eigenvalue weighted by Crippen LogP contribution is 2.09. The molecule has 1 unspecified atom stereocenters. The number of rotatable bonds is 8. The molecule has 0 aromatic heterocycles. The van der Waals surface area contributed by atoms with E-state index >= 15 is 0 Å². The highest BCUT2D eigenvalue weighted by atomic mass is 16.5. The molecule has 0 fully saturated rings. The second kappa shape index (κ2) is 9.16. The van der Waals surface area contributed by atoms with Gasteiger partial charge in [-0.3, -0.25) is 0 Å². The summed E-state index contributed by atoms with van der Waals surface area (Å²) in [7, 11) is 0. The number of carbonyl (C=O) groups is 2. The second-order valence-corrected chi connectivity index (χ2v) is 5.18. The van der Waals surface area contributed by atoms with Crippen molar-refractivity contribution in [2.24, 2.45) is 5.92 Å². The van der Waals surface area contributed by atoms with Crippen molar-refractivity contribution in [1.82, 2.24) is 0 Å². The SMILES string of the molecule is CCCCOC(=O)c1ccc(C(=O)OCC(C)CC)cc1. The molecule has 0 N–H and O–H groups in total. The van der Waals surface area contributed by atoms with Gasteiger partial charge in [0.2, 0.25) is 0 Å². The first-order valence-electron chi connectivity index (χ1n) is 7.52. The topological polar surface area (TPSA) is 52.6 Å². The van der Waals surface area contributed by atoms with E-state index in [2.05, 4.69) is 6.92 Å². The first-order chi connectivity index (χ1) is 10.1. The second-order valence-electron chi connectivity index (χ2n) is 5.18. The summed E-state index contributed by atoms with van der Waals surface area (Å²) in [6, 6.07) is 6.37. The van der Waals surface area contributed by atoms with Crippen molar-refractivity contribution in [2.75, 3.05) is 13.2 Å². The van der Waals surface area contributed by atoms with E-state index in [1.165, 1.54) is 0 Å². The Morgan fingerprint density at radius 3 is 2.00 bits per heavy atom. The van der Waals surface area contributed by atoms with Crippen molar-refractivity contribution in [3.05, 3.63) is 35.4 Å². The number of carbonyl (C=O) groups excluding carboxylic acids is 2. The Morgan fingerprint density at radius 1 is 1.00 bits per heavy atom. The molecule has 0 saturated heterocycles. The molecule has 116 valence electrons. The molecule has 0 radical (unpaired) electrons. The molecule has 0 bridgehead atoms. The number of ether oxygens (including phenoxy) is 2. The van der Waals surface area contributed by atoms with Crippen molar-refractivity contribution < 1.29 is 19.1 Å². The van der Waals surface area contributed by atoms with Crippen LogP contribution in [-0.2, 0) is 9.47 Å². The lowest BCUT2D eigenvalue weighted by Crippen LogP contribution is -2.12. The fourth-order valence-electron chi connectivity index (χ4n) is 1.55. The Balaban J connectivity index is 2.53. The maximum Gasteiger partial charge on any atom is 0.338 e. The van der Waals surface area contributed by atoms with Crippen LogP contribution < -0.4 is 0 Å². The zero-order chi connectivity index (χ0) is 15.7. The van der Waals surface area contributed by atoms with E-state index in [1.54, 1.807) is 24.3 Å². The smallest absolute Gasteiger partial charge is 0.338 e. The average molecular weight is 292 g/mol. The molecular formula is C17H24O4. The normalized spacial score (nSPS) is 11.8. The Bertz CT molecular complexity index is 450. The number of unbranched alkanes of at least 4 members (excludes halogenated alkanes) is 1. The minimum absolute atomic E-state index is 0.349. The standard InChI is InChI=1S/C17H24O4/c1-4-6-11-20-16(18)14-7-9-15(10-8-14)17(19)21-12-13(3)5-2/h7-10,13H,4-6,11-12H2,1-3H3. The summed E-state index contributed by atoms with van der Waals surface area (Å²) in [5.41, 5.74) is 0.896. The van der Waals surface area contributed by atoms with Crippen molar-refractivity contribution in [1.29, 1.82) is 0 Å². The molecule has 0 aliphatic rings. The van der Waals surface area contributed by atoms with Crippen LogP contribution in [0, 0.1) is 5.92 Å². The summed E-state index contributed by atoms with van der Waals surface area (Å²) in [4.78, 5) is 23.5. The van der Waals surface area contributed by atoms with Crippen molar-refractivity contribution >= 4 is 11.9 Å². The molecule has 0 heterocycles. The third-order valence-electron chi connectivity index (χ3n) is 3.28. The summed E-state index contributed by atoms with van der Waals surface area (Å²) in [5.74, 6) is -0.370. The van der Waals surface area contributed by atoms with Gasteiger partial charge in [-0.1, -0.05) is 33.6 Å². The van der Waals surface area contributed by atoms with E-state index in [0.717, 1.165) is 19.3 Å². The summed E-state index contributed by atoms with van der Waals surface area (Å²) in [6.07, 6.45) is 2.80. The van der Waals surface area contributed by atoms with Gasteiger partial charge in [0.25, 0.3) is 0 Å². The monoisotopic (exact) mass is 292 g/mol. The van der Waals surface area contributed by atoms with Crippen LogP contribution in [0.3, 0.4) is 0 Å². The number of hydrogen-bond acceptors (Lipinski definition) is 4. The molecule has 21 heavy (non-hydrogen) atoms. The van der Waals surface area contributed by atoms with Crippen LogP contribution in [-0.4, -0.2) is 25.2 Å². The summed E-state index contributed by atoms with van der Waals surface area (Å²) >= 11 is 0. The molecular weight excluding hydrogens is 268 g/mol. The van der Waals surface area contributed by atoms with Gasteiger partial charge in [-0.15, -0.1) is 0 Å². The molecule has 0 aliphatic carbocycles. The highest BCUT2D eigenvalue weighted by Gasteiger charge is 2.11. The minimum Gasteiger partial charge on any atom is -0.462 e. The van der Waals surface area contributed by atoms with Crippen LogP contribution in [0.15, 0.2) is 24.3 Å². The van der Waals surface area contributed by atoms with Crippen molar-refractivity contribution in [3.63, 3.8) is 0 Å². The molecule has 0 amide bonds. The quantitative estimate of drug-likeness (QED) is 0.539. The van der Waals surface area contributed by atoms with Crippen LogP contribution in [0.2, 0.25) is 0 Å². The Labute approximate surface area is 126 Å². The maximum atomic E-state index is 11.8. The first-order valence-corrected chi connectivity index (χ1v) is 7.52. The van der Waals surface area contributed by atoms with Crippen LogP contribution in [0.4, 0.5) is 0 Å². The molecule has 1 atom stereocenters. The Hall–Kier alpha value is -1.84. The van der Waals surface area contributed by atoms with Gasteiger partial charge in [0.15, 0.2) is 0 Å². The number of benzene rings is 1. The third kappa shape index (κ3) is 5.98. The van der Waals surface area contributed by atoms with Gasteiger partial charge in [-0.2, -0.15) is 0 Å². The average Bonchev–Trinajstić information content (AvgIpc) is 2.52. The van der Waals surface area contributed by atoms with Crippen molar-refractivity contribution in [2.45, 2.75) is 40.0 Å². The largest absolute Gasteiger partial charge is 0.462 e. The predicted octanol–water partition coefficient (Wildman–Crippen LogP) is 3.85. The molecule has 0 spiro atoms. The predicted molar refractivity (Wildman–Crippen MR) is 81.4 cm³/mol. The van der Waals surface area contributed by atoms with Gasteiger partial charge in [-0.05, 0) is 36.6 Å². The molecule has 4 heteroatoms. The molecule has 0 saturated carbocycles. The van der Waals surface area contributed by atoms with E-state index in [4.69, 9.17) is 9.47 Å². The summed E-state index contributed by atoms with van der Waals surface area (Å²) in [6.45, 7) is 6.96. The fraction of sp³-hybridized carbons (Fsp3) is 0.529. The first kappa shape index (κ1) is 17.2. The highest BCUT2D eigenvalue weighted by molar-refractivity contribution is 5.93. The van der Waals surface area contributed by atoms with Crippen LogP contribution in [0.1, 0.15) is 60.7 Å². The van der Waals surface area contributed by atoms with Gasteiger partial charge in [0.05, 0.1) is 24.3 Å². The van der Waals surface area contributed by atoms with Gasteiger partial charge < -0.3 is 9.47 Å². The van der Waals surface area contributed by atoms with Gasteiger partial charge >= 0.3 is 11.9 Å². The van der Waals surface area contributed by atoms with E-state index in [-0.39, 0.29) is 11.9 Å². The number of esters is 2. The van der Waals surface area contributed by atoms with Gasteiger partial charge in [-0.25, -0.2) is 9.59 Å². The van der Waals surface area contributed by atoms with E-state index in [1.807, 2.05) is 13.8 Å². The van der Waals surface area contributed by atoms with Gasteiger partial charge in [0.1, 0.15) is 0 Å². The molecule has 1 aromatic carbocycles. The molecule has 4 nitrogen and oxygen atoms in total. The maximum absolute atomic E-state index is 11.8. The third-order valence-corrected chi connectivity index (χ3v) is 3.28. The number of hydrogen-bond donors (Lipinski definition) is 0. The molecule has 1 rings (SSSR count). The van der Waals surface area contributed by atoms with E-state index in [9.17, 15) is 9.59 Å². The summed E-state index contributed by atoms with van der Waals surface area (Å²) < 4.78 is 10.3. The Morgan fingerprint density at radius 2 is 1.52 bits per heavy atom. The summed E-state index contributed by atoms with van der Waals surface area (Å²) in [5, 5.41) is 0. The molecule has 1 aromatic rings. The van der Waals surface area contributed by atoms with Crippen LogP contribution in [0.5, 0.6) is 0 Å². The lowest BCUT2D eigenvalue weighted by molar-refractivity contribution is 0.0443. The fourth-order valence-corrected chi connectivity index (χ4v) is 1.55. The van der Waals surface area contributed by atoms with Crippen molar-refractivity contribution in [3.8, 4) is 0 Å². The van der Waals surface area contributed by atoms with E-state index < -0.39 is 0 Å². The molecule has 0 aliphatic heterocycles. The lowest BCUT2D eigenvalue weighted by Gasteiger charge is -2.09. The van der Waals surface area contributed by atoms with E-state index in [0.29, 0.717) is 30.3 Å². The van der Waals surface area contributed by atoms with Crippen LogP contribution >= 0.6 is 0 Å². The van der Waals surface area contributed by atoms with Crippen LogP contribution in [0.25, 0.3) is 0 Å².